The number of nitrogens with one attached hydrogen (secondary N) is 2. The second-order valence-electron chi connectivity index (χ2n) is 5.97. The topological polar surface area (TPSA) is 58.5 Å². The molecule has 7 heteroatoms. The smallest absolute Gasteiger partial charge is 0.219 e. The summed E-state index contributed by atoms with van der Waals surface area (Å²) in [5.74, 6) is 0.719. The number of hydrogen-bond donors (Lipinski definition) is 2. The van der Waals surface area contributed by atoms with Crippen LogP contribution in [0.5, 0.6) is 11.6 Å². The Kier molecular flexibility index (Phi) is 6.51. The third-order valence-corrected chi connectivity index (χ3v) is 3.85. The standard InChI is InChI=1S/C21H20F2N4O/c1-24-21(26-12-15-4-2-5-17(22)10-15)27-14-16-8-9-20(25-13-16)28-19-7-3-6-18(23)11-19/h2-11,13H,12,14H2,1H3,(H2,24,26,27). The summed E-state index contributed by atoms with van der Waals surface area (Å²) in [5.41, 5.74) is 1.74. The molecule has 0 saturated heterocycles. The summed E-state index contributed by atoms with van der Waals surface area (Å²) in [5, 5.41) is 6.29. The third-order valence-electron chi connectivity index (χ3n) is 3.85. The molecule has 1 heterocycles. The summed E-state index contributed by atoms with van der Waals surface area (Å²) in [6, 6.07) is 15.8. The number of halogens is 2. The molecule has 0 unspecified atom stereocenters. The van der Waals surface area contributed by atoms with Crippen LogP contribution < -0.4 is 15.4 Å². The Morgan fingerprint density at radius 1 is 0.929 bits per heavy atom. The molecule has 0 saturated carbocycles. The van der Waals surface area contributed by atoms with E-state index < -0.39 is 0 Å². The Balaban J connectivity index is 1.50. The van der Waals surface area contributed by atoms with Crippen LogP contribution in [0.2, 0.25) is 0 Å². The van der Waals surface area contributed by atoms with Gasteiger partial charge in [-0.25, -0.2) is 13.8 Å². The molecule has 5 nitrogen and oxygen atoms in total. The summed E-state index contributed by atoms with van der Waals surface area (Å²) in [4.78, 5) is 8.37. The number of nitrogens with zero attached hydrogens (tertiary/aromatic N) is 2. The van der Waals surface area contributed by atoms with Crippen LogP contribution >= 0.6 is 0 Å². The molecule has 0 bridgehead atoms. The van der Waals surface area contributed by atoms with Gasteiger partial charge in [-0.3, -0.25) is 4.99 Å². The van der Waals surface area contributed by atoms with Crippen LogP contribution in [0.4, 0.5) is 8.78 Å². The fraction of sp³-hybridized carbons (Fsp3) is 0.143. The van der Waals surface area contributed by atoms with E-state index in [1.165, 1.54) is 24.3 Å². The van der Waals surface area contributed by atoms with Crippen molar-refractivity contribution in [2.75, 3.05) is 7.05 Å². The predicted octanol–water partition coefficient (Wildman–Crippen LogP) is 4.02. The second kappa shape index (κ2) is 9.45. The van der Waals surface area contributed by atoms with E-state index in [1.807, 2.05) is 12.1 Å². The average Bonchev–Trinajstić information content (AvgIpc) is 2.69. The molecule has 1 aromatic heterocycles. The normalized spacial score (nSPS) is 11.2. The van der Waals surface area contributed by atoms with Gasteiger partial charge in [0.1, 0.15) is 17.4 Å². The maximum Gasteiger partial charge on any atom is 0.219 e. The predicted molar refractivity (Wildman–Crippen MR) is 104 cm³/mol. The van der Waals surface area contributed by atoms with Crippen LogP contribution in [0.1, 0.15) is 11.1 Å². The lowest BCUT2D eigenvalue weighted by atomic mass is 10.2. The van der Waals surface area contributed by atoms with Crippen molar-refractivity contribution in [2.45, 2.75) is 13.1 Å². The molecule has 2 aromatic carbocycles. The van der Waals surface area contributed by atoms with Gasteiger partial charge in [0.05, 0.1) is 0 Å². The highest BCUT2D eigenvalue weighted by molar-refractivity contribution is 5.79. The van der Waals surface area contributed by atoms with Crippen LogP contribution in [0.15, 0.2) is 71.9 Å². The van der Waals surface area contributed by atoms with Crippen molar-refractivity contribution < 1.29 is 13.5 Å². The number of ether oxygens (including phenoxy) is 1. The number of aliphatic imine (C=N–C) groups is 1. The molecule has 144 valence electrons. The zero-order valence-corrected chi connectivity index (χ0v) is 15.3. The summed E-state index contributed by atoms with van der Waals surface area (Å²) >= 11 is 0. The van der Waals surface area contributed by atoms with Crippen LogP contribution in [0, 0.1) is 11.6 Å². The highest BCUT2D eigenvalue weighted by atomic mass is 19.1. The molecule has 0 atom stereocenters. The van der Waals surface area contributed by atoms with Crippen molar-refractivity contribution in [1.82, 2.24) is 15.6 Å². The first-order chi connectivity index (χ1) is 13.6. The number of hydrogen-bond acceptors (Lipinski definition) is 3. The minimum atomic E-state index is -0.365. The van der Waals surface area contributed by atoms with E-state index in [2.05, 4.69) is 20.6 Å². The van der Waals surface area contributed by atoms with Crippen molar-refractivity contribution in [3.63, 3.8) is 0 Å². The molecule has 28 heavy (non-hydrogen) atoms. The number of benzene rings is 2. The highest BCUT2D eigenvalue weighted by Gasteiger charge is 2.03. The van der Waals surface area contributed by atoms with Crippen molar-refractivity contribution in [3.05, 3.63) is 89.6 Å². The fourth-order valence-electron chi connectivity index (χ4n) is 2.47. The molecule has 0 radical (unpaired) electrons. The summed E-state index contributed by atoms with van der Waals surface area (Å²) < 4.78 is 31.9. The summed E-state index contributed by atoms with van der Waals surface area (Å²) in [6.07, 6.45) is 1.67. The molecule has 0 aliphatic rings. The molecule has 2 N–H and O–H groups in total. The third kappa shape index (κ3) is 5.77. The van der Waals surface area contributed by atoms with Gasteiger partial charge in [-0.05, 0) is 35.4 Å². The highest BCUT2D eigenvalue weighted by Crippen LogP contribution is 2.19. The first kappa shape index (κ1) is 19.3. The first-order valence-electron chi connectivity index (χ1n) is 8.70. The van der Waals surface area contributed by atoms with E-state index in [0.29, 0.717) is 30.7 Å². The van der Waals surface area contributed by atoms with Gasteiger partial charge in [-0.1, -0.05) is 24.3 Å². The van der Waals surface area contributed by atoms with Gasteiger partial charge < -0.3 is 15.4 Å². The van der Waals surface area contributed by atoms with E-state index in [9.17, 15) is 8.78 Å². The van der Waals surface area contributed by atoms with Gasteiger partial charge in [0.15, 0.2) is 5.96 Å². The van der Waals surface area contributed by atoms with Crippen molar-refractivity contribution in [3.8, 4) is 11.6 Å². The molecule has 0 aliphatic heterocycles. The maximum absolute atomic E-state index is 13.2. The van der Waals surface area contributed by atoms with Gasteiger partial charge in [0.25, 0.3) is 0 Å². The monoisotopic (exact) mass is 382 g/mol. The lowest BCUT2D eigenvalue weighted by molar-refractivity contribution is 0.457. The van der Waals surface area contributed by atoms with Gasteiger partial charge in [-0.15, -0.1) is 0 Å². The molecule has 3 aromatic rings. The quantitative estimate of drug-likeness (QED) is 0.499. The average molecular weight is 382 g/mol. The zero-order chi connectivity index (χ0) is 19.8. The molecule has 3 rings (SSSR count). The van der Waals surface area contributed by atoms with E-state index in [1.54, 1.807) is 37.5 Å². The van der Waals surface area contributed by atoms with Crippen molar-refractivity contribution in [1.29, 1.82) is 0 Å². The number of aromatic nitrogens is 1. The maximum atomic E-state index is 13.2. The minimum absolute atomic E-state index is 0.270. The zero-order valence-electron chi connectivity index (χ0n) is 15.3. The van der Waals surface area contributed by atoms with Gasteiger partial charge in [0, 0.05) is 38.5 Å². The Morgan fingerprint density at radius 3 is 2.29 bits per heavy atom. The van der Waals surface area contributed by atoms with E-state index in [-0.39, 0.29) is 11.6 Å². The number of guanidine groups is 1. The van der Waals surface area contributed by atoms with Crippen LogP contribution in [-0.4, -0.2) is 18.0 Å². The van der Waals surface area contributed by atoms with Crippen molar-refractivity contribution >= 4 is 5.96 Å². The van der Waals surface area contributed by atoms with E-state index in [0.717, 1.165) is 11.1 Å². The Labute approximate surface area is 162 Å². The molecule has 0 fully saturated rings. The largest absolute Gasteiger partial charge is 0.439 e. The second-order valence-corrected chi connectivity index (χ2v) is 5.97. The van der Waals surface area contributed by atoms with E-state index in [4.69, 9.17) is 4.74 Å². The number of pyridine rings is 1. The lowest BCUT2D eigenvalue weighted by Crippen LogP contribution is -2.36. The van der Waals surface area contributed by atoms with Crippen LogP contribution in [0.3, 0.4) is 0 Å². The molecular formula is C21H20F2N4O. The minimum Gasteiger partial charge on any atom is -0.439 e. The SMILES string of the molecule is CN=C(NCc1ccc(Oc2cccc(F)c2)nc1)NCc1cccc(F)c1. The molecule has 0 spiro atoms. The molecule has 0 aliphatic carbocycles. The van der Waals surface area contributed by atoms with Gasteiger partial charge in [-0.2, -0.15) is 0 Å². The Hall–Kier alpha value is -3.48. The molecular weight excluding hydrogens is 362 g/mol. The molecule has 0 amide bonds. The first-order valence-corrected chi connectivity index (χ1v) is 8.70. The Bertz CT molecular complexity index is 945. The lowest BCUT2D eigenvalue weighted by Gasteiger charge is -2.12. The van der Waals surface area contributed by atoms with Crippen LogP contribution in [-0.2, 0) is 13.1 Å². The van der Waals surface area contributed by atoms with Crippen LogP contribution in [0.25, 0.3) is 0 Å². The number of rotatable bonds is 6. The van der Waals surface area contributed by atoms with Gasteiger partial charge in [0.2, 0.25) is 5.88 Å². The van der Waals surface area contributed by atoms with Gasteiger partial charge >= 0.3 is 0 Å². The van der Waals surface area contributed by atoms with Crippen molar-refractivity contribution in [2.24, 2.45) is 4.99 Å². The Morgan fingerprint density at radius 2 is 1.64 bits per heavy atom. The summed E-state index contributed by atoms with van der Waals surface area (Å²) in [7, 11) is 1.66. The fourth-order valence-corrected chi connectivity index (χ4v) is 2.47. The summed E-state index contributed by atoms with van der Waals surface area (Å²) in [6.45, 7) is 0.951. The van der Waals surface area contributed by atoms with E-state index >= 15 is 0 Å².